The molecular formula is C20H20BrF3N2O4. The van der Waals surface area contributed by atoms with Crippen LogP contribution in [0, 0.1) is 0 Å². The van der Waals surface area contributed by atoms with Crippen LogP contribution in [0.4, 0.5) is 18.9 Å². The zero-order valence-electron chi connectivity index (χ0n) is 16.0. The summed E-state index contributed by atoms with van der Waals surface area (Å²) in [5.74, 6) is -0.840. The Hall–Kier alpha value is -2.59. The fourth-order valence-electron chi connectivity index (χ4n) is 2.37. The third-order valence-electron chi connectivity index (χ3n) is 3.87. The summed E-state index contributed by atoms with van der Waals surface area (Å²) in [5, 5.41) is 4.99. The second-order valence-corrected chi connectivity index (χ2v) is 7.03. The van der Waals surface area contributed by atoms with Gasteiger partial charge in [0, 0.05) is 30.1 Å². The highest BCUT2D eigenvalue weighted by atomic mass is 79.9. The minimum Gasteiger partial charge on any atom is -0.489 e. The standard InChI is InChI=1S/C20H20BrF3N2O4/c1-29-10-11-30-17-7-4-14(20(22,23)24)12-16(17)26-18(27)8-9-25-19(28)13-2-5-15(21)6-3-13/h2-7,12H,8-11H2,1H3,(H,25,28)(H,26,27). The molecule has 0 saturated carbocycles. The second-order valence-electron chi connectivity index (χ2n) is 6.11. The summed E-state index contributed by atoms with van der Waals surface area (Å²) in [6, 6.07) is 9.47. The maximum absolute atomic E-state index is 13.0. The van der Waals surface area contributed by atoms with Crippen molar-refractivity contribution in [2.24, 2.45) is 0 Å². The summed E-state index contributed by atoms with van der Waals surface area (Å²) in [6.07, 6.45) is -4.70. The average molecular weight is 489 g/mol. The van der Waals surface area contributed by atoms with Gasteiger partial charge in [-0.25, -0.2) is 0 Å². The van der Waals surface area contributed by atoms with Crippen LogP contribution in [-0.2, 0) is 15.7 Å². The van der Waals surface area contributed by atoms with Gasteiger partial charge in [-0.2, -0.15) is 13.2 Å². The highest BCUT2D eigenvalue weighted by molar-refractivity contribution is 9.10. The van der Waals surface area contributed by atoms with Crippen LogP contribution in [0.5, 0.6) is 5.75 Å². The first-order chi connectivity index (χ1) is 14.2. The molecule has 0 radical (unpaired) electrons. The summed E-state index contributed by atoms with van der Waals surface area (Å²) in [4.78, 5) is 24.2. The summed E-state index contributed by atoms with van der Waals surface area (Å²) in [6.45, 7) is 0.351. The molecule has 0 heterocycles. The van der Waals surface area contributed by atoms with E-state index in [2.05, 4.69) is 26.6 Å². The molecule has 0 aliphatic carbocycles. The van der Waals surface area contributed by atoms with Gasteiger partial charge < -0.3 is 20.1 Å². The minimum absolute atomic E-state index is 0.0134. The van der Waals surface area contributed by atoms with Crippen molar-refractivity contribution in [3.63, 3.8) is 0 Å². The lowest BCUT2D eigenvalue weighted by atomic mass is 10.1. The first-order valence-corrected chi connectivity index (χ1v) is 9.66. The lowest BCUT2D eigenvalue weighted by Crippen LogP contribution is -2.27. The largest absolute Gasteiger partial charge is 0.489 e. The van der Waals surface area contributed by atoms with Crippen LogP contribution in [0.1, 0.15) is 22.3 Å². The molecule has 0 aliphatic rings. The number of benzene rings is 2. The highest BCUT2D eigenvalue weighted by Gasteiger charge is 2.31. The third kappa shape index (κ3) is 7.34. The Kier molecular flexibility index (Phi) is 8.67. The second kappa shape index (κ2) is 11.0. The number of carbonyl (C=O) groups is 2. The van der Waals surface area contributed by atoms with E-state index in [0.29, 0.717) is 5.56 Å². The minimum atomic E-state index is -4.57. The monoisotopic (exact) mass is 488 g/mol. The van der Waals surface area contributed by atoms with E-state index in [1.165, 1.54) is 7.11 Å². The molecule has 162 valence electrons. The highest BCUT2D eigenvalue weighted by Crippen LogP contribution is 2.35. The average Bonchev–Trinajstić information content (AvgIpc) is 2.69. The first-order valence-electron chi connectivity index (χ1n) is 8.87. The zero-order valence-corrected chi connectivity index (χ0v) is 17.6. The van der Waals surface area contributed by atoms with Crippen molar-refractivity contribution in [2.45, 2.75) is 12.6 Å². The van der Waals surface area contributed by atoms with Gasteiger partial charge in [0.15, 0.2) is 0 Å². The number of hydrogen-bond acceptors (Lipinski definition) is 4. The third-order valence-corrected chi connectivity index (χ3v) is 4.40. The van der Waals surface area contributed by atoms with E-state index >= 15 is 0 Å². The van der Waals surface area contributed by atoms with Crippen LogP contribution >= 0.6 is 15.9 Å². The summed E-state index contributed by atoms with van der Waals surface area (Å²) in [7, 11) is 1.46. The van der Waals surface area contributed by atoms with E-state index in [1.54, 1.807) is 24.3 Å². The predicted octanol–water partition coefficient (Wildman–Crippen LogP) is 4.25. The maximum atomic E-state index is 13.0. The van der Waals surface area contributed by atoms with E-state index in [9.17, 15) is 22.8 Å². The fourth-order valence-corrected chi connectivity index (χ4v) is 2.63. The van der Waals surface area contributed by atoms with E-state index in [-0.39, 0.29) is 43.5 Å². The fraction of sp³-hybridized carbons (Fsp3) is 0.300. The Morgan fingerprint density at radius 1 is 1.07 bits per heavy atom. The number of hydrogen-bond donors (Lipinski definition) is 2. The van der Waals surface area contributed by atoms with E-state index < -0.39 is 17.6 Å². The van der Waals surface area contributed by atoms with Gasteiger partial charge in [0.2, 0.25) is 5.91 Å². The van der Waals surface area contributed by atoms with Crippen LogP contribution < -0.4 is 15.4 Å². The molecule has 0 saturated heterocycles. The Morgan fingerprint density at radius 2 is 1.77 bits per heavy atom. The van der Waals surface area contributed by atoms with Crippen LogP contribution in [-0.4, -0.2) is 38.7 Å². The molecule has 2 N–H and O–H groups in total. The number of halogens is 4. The number of rotatable bonds is 9. The first kappa shape index (κ1) is 23.7. The molecule has 0 aliphatic heterocycles. The normalized spacial score (nSPS) is 11.1. The van der Waals surface area contributed by atoms with Crippen molar-refractivity contribution in [3.8, 4) is 5.75 Å². The molecule has 2 rings (SSSR count). The van der Waals surface area contributed by atoms with Gasteiger partial charge >= 0.3 is 6.18 Å². The molecule has 2 amide bonds. The molecule has 6 nitrogen and oxygen atoms in total. The number of amides is 2. The SMILES string of the molecule is COCCOc1ccc(C(F)(F)F)cc1NC(=O)CCNC(=O)c1ccc(Br)cc1. The van der Waals surface area contributed by atoms with Crippen LogP contribution in [0.25, 0.3) is 0 Å². The molecular weight excluding hydrogens is 469 g/mol. The molecule has 30 heavy (non-hydrogen) atoms. The number of carbonyl (C=O) groups excluding carboxylic acids is 2. The van der Waals surface area contributed by atoms with Crippen LogP contribution in [0.15, 0.2) is 46.9 Å². The van der Waals surface area contributed by atoms with Crippen molar-refractivity contribution in [1.82, 2.24) is 5.32 Å². The number of ether oxygens (including phenoxy) is 2. The summed E-state index contributed by atoms with van der Waals surface area (Å²) >= 11 is 3.27. The Labute approximate surface area is 179 Å². The molecule has 2 aromatic rings. The smallest absolute Gasteiger partial charge is 0.416 e. The molecule has 0 spiro atoms. The number of nitrogens with one attached hydrogen (secondary N) is 2. The van der Waals surface area contributed by atoms with Gasteiger partial charge in [0.1, 0.15) is 12.4 Å². The number of anilines is 1. The van der Waals surface area contributed by atoms with Gasteiger partial charge in [-0.15, -0.1) is 0 Å². The Morgan fingerprint density at radius 3 is 2.40 bits per heavy atom. The zero-order chi connectivity index (χ0) is 22.1. The Balaban J connectivity index is 1.97. The van der Waals surface area contributed by atoms with Gasteiger partial charge in [-0.3, -0.25) is 9.59 Å². The molecule has 0 unspecified atom stereocenters. The summed E-state index contributed by atoms with van der Waals surface area (Å²) < 4.78 is 50.0. The lowest BCUT2D eigenvalue weighted by molar-refractivity contribution is -0.137. The number of alkyl halides is 3. The van der Waals surface area contributed by atoms with Crippen molar-refractivity contribution in [2.75, 3.05) is 32.2 Å². The van der Waals surface area contributed by atoms with E-state index in [0.717, 1.165) is 22.7 Å². The molecule has 0 atom stereocenters. The molecule has 0 bridgehead atoms. The molecule has 10 heteroatoms. The topological polar surface area (TPSA) is 76.7 Å². The van der Waals surface area contributed by atoms with Gasteiger partial charge in [-0.05, 0) is 42.5 Å². The molecule has 2 aromatic carbocycles. The number of methoxy groups -OCH3 is 1. The van der Waals surface area contributed by atoms with Crippen molar-refractivity contribution in [1.29, 1.82) is 0 Å². The maximum Gasteiger partial charge on any atom is 0.416 e. The van der Waals surface area contributed by atoms with Crippen molar-refractivity contribution in [3.05, 3.63) is 58.1 Å². The van der Waals surface area contributed by atoms with Crippen LogP contribution in [0.2, 0.25) is 0 Å². The van der Waals surface area contributed by atoms with Gasteiger partial charge in [0.05, 0.1) is 17.9 Å². The van der Waals surface area contributed by atoms with Crippen molar-refractivity contribution >= 4 is 33.4 Å². The predicted molar refractivity (Wildman–Crippen MR) is 109 cm³/mol. The van der Waals surface area contributed by atoms with Crippen molar-refractivity contribution < 1.29 is 32.2 Å². The molecule has 0 fully saturated rings. The van der Waals surface area contributed by atoms with Gasteiger partial charge in [-0.1, -0.05) is 15.9 Å². The Bertz CT molecular complexity index is 873. The lowest BCUT2D eigenvalue weighted by Gasteiger charge is -2.15. The quantitative estimate of drug-likeness (QED) is 0.517. The molecule has 0 aromatic heterocycles. The summed E-state index contributed by atoms with van der Waals surface area (Å²) in [5.41, 5.74) is -0.601. The van der Waals surface area contributed by atoms with E-state index in [1.807, 2.05) is 0 Å². The van der Waals surface area contributed by atoms with Gasteiger partial charge in [0.25, 0.3) is 5.91 Å². The van der Waals surface area contributed by atoms with Crippen LogP contribution in [0.3, 0.4) is 0 Å². The van der Waals surface area contributed by atoms with E-state index in [4.69, 9.17) is 9.47 Å².